The second kappa shape index (κ2) is 6.63. The van der Waals surface area contributed by atoms with Gasteiger partial charge < -0.3 is 9.84 Å². The average Bonchev–Trinajstić information content (AvgIpc) is 3.20. The van der Waals surface area contributed by atoms with Crippen molar-refractivity contribution in [3.63, 3.8) is 0 Å². The Morgan fingerprint density at radius 3 is 2.62 bits per heavy atom. The van der Waals surface area contributed by atoms with E-state index >= 15 is 0 Å². The molecule has 0 radical (unpaired) electrons. The van der Waals surface area contributed by atoms with Gasteiger partial charge >= 0.3 is 11.9 Å². The molecule has 1 aliphatic carbocycles. The van der Waals surface area contributed by atoms with Crippen LogP contribution in [0.4, 0.5) is 0 Å². The van der Waals surface area contributed by atoms with Gasteiger partial charge in [-0.25, -0.2) is 4.79 Å². The van der Waals surface area contributed by atoms with Crippen LogP contribution in [0.5, 0.6) is 0 Å². The number of rotatable bonds is 3. The third kappa shape index (κ3) is 4.71. The summed E-state index contributed by atoms with van der Waals surface area (Å²) in [4.78, 5) is 21.3. The van der Waals surface area contributed by atoms with E-state index in [-0.39, 0.29) is 17.5 Å². The van der Waals surface area contributed by atoms with Gasteiger partial charge in [0.25, 0.3) is 0 Å². The molecule has 1 aromatic carbocycles. The number of carbonyl (C=O) groups excluding carboxylic acids is 1. The van der Waals surface area contributed by atoms with Crippen LogP contribution in [0, 0.1) is 35.5 Å². The summed E-state index contributed by atoms with van der Waals surface area (Å²) in [6.07, 6.45) is 0.940. The third-order valence-electron chi connectivity index (χ3n) is 3.08. The highest BCUT2D eigenvalue weighted by molar-refractivity contribution is 5.87. The van der Waals surface area contributed by atoms with Crippen molar-refractivity contribution in [1.82, 2.24) is 0 Å². The summed E-state index contributed by atoms with van der Waals surface area (Å²) in [5.41, 5.74) is 0.958. The van der Waals surface area contributed by atoms with Gasteiger partial charge in [-0.15, -0.1) is 0 Å². The fourth-order valence-corrected chi connectivity index (χ4v) is 1.76. The Morgan fingerprint density at radius 1 is 1.29 bits per heavy atom. The van der Waals surface area contributed by atoms with Crippen LogP contribution in [0.1, 0.15) is 29.3 Å². The molecule has 0 aliphatic heterocycles. The molecule has 1 saturated carbocycles. The molecule has 1 N–H and O–H groups in total. The summed E-state index contributed by atoms with van der Waals surface area (Å²) in [7, 11) is 0. The topological polar surface area (TPSA) is 63.6 Å². The highest BCUT2D eigenvalue weighted by atomic mass is 16.5. The van der Waals surface area contributed by atoms with Crippen molar-refractivity contribution in [3.8, 4) is 23.7 Å². The lowest BCUT2D eigenvalue weighted by Gasteiger charge is -1.96. The van der Waals surface area contributed by atoms with E-state index < -0.39 is 5.97 Å². The second-order valence-electron chi connectivity index (χ2n) is 4.81. The molecule has 0 bridgehead atoms. The average molecular weight is 282 g/mol. The van der Waals surface area contributed by atoms with E-state index in [1.54, 1.807) is 12.1 Å². The third-order valence-corrected chi connectivity index (χ3v) is 3.08. The zero-order chi connectivity index (χ0) is 15.2. The van der Waals surface area contributed by atoms with Gasteiger partial charge in [0.15, 0.2) is 0 Å². The van der Waals surface area contributed by atoms with Gasteiger partial charge in [-0.05, 0) is 42.5 Å². The molecule has 4 nitrogen and oxygen atoms in total. The number of hydrogen-bond acceptors (Lipinski definition) is 3. The SMILES string of the molecule is CC(=O)OC[C@@H]1C[C@H]1C#CC#Cc1ccc(C(=O)O)cc1. The van der Waals surface area contributed by atoms with Crippen LogP contribution in [0.25, 0.3) is 0 Å². The van der Waals surface area contributed by atoms with Gasteiger partial charge in [0, 0.05) is 24.3 Å². The highest BCUT2D eigenvalue weighted by Crippen LogP contribution is 2.37. The van der Waals surface area contributed by atoms with E-state index in [2.05, 4.69) is 23.7 Å². The summed E-state index contributed by atoms with van der Waals surface area (Å²) < 4.78 is 4.91. The molecule has 0 unspecified atom stereocenters. The van der Waals surface area contributed by atoms with Crippen molar-refractivity contribution < 1.29 is 19.4 Å². The van der Waals surface area contributed by atoms with Crippen LogP contribution in [0.3, 0.4) is 0 Å². The Labute approximate surface area is 123 Å². The lowest BCUT2D eigenvalue weighted by molar-refractivity contribution is -0.141. The van der Waals surface area contributed by atoms with E-state index in [0.29, 0.717) is 12.5 Å². The van der Waals surface area contributed by atoms with Gasteiger partial charge in [-0.1, -0.05) is 11.8 Å². The predicted octanol–water partition coefficient (Wildman–Crippen LogP) is 1.94. The Kier molecular flexibility index (Phi) is 4.64. The Balaban J connectivity index is 1.84. The van der Waals surface area contributed by atoms with Crippen LogP contribution < -0.4 is 0 Å². The zero-order valence-electron chi connectivity index (χ0n) is 11.6. The molecular weight excluding hydrogens is 268 g/mol. The van der Waals surface area contributed by atoms with Crippen LogP contribution in [-0.2, 0) is 9.53 Å². The molecule has 0 aromatic heterocycles. The van der Waals surface area contributed by atoms with E-state index in [1.807, 2.05) is 0 Å². The molecule has 4 heteroatoms. The smallest absolute Gasteiger partial charge is 0.335 e. The summed E-state index contributed by atoms with van der Waals surface area (Å²) in [6, 6.07) is 6.32. The lowest BCUT2D eigenvalue weighted by atomic mass is 10.1. The minimum absolute atomic E-state index is 0.234. The second-order valence-corrected chi connectivity index (χ2v) is 4.81. The molecule has 0 heterocycles. The van der Waals surface area contributed by atoms with E-state index in [1.165, 1.54) is 19.1 Å². The minimum Gasteiger partial charge on any atom is -0.478 e. The largest absolute Gasteiger partial charge is 0.478 e. The monoisotopic (exact) mass is 282 g/mol. The maximum absolute atomic E-state index is 10.7. The molecule has 0 amide bonds. The van der Waals surface area contributed by atoms with Crippen LogP contribution in [0.2, 0.25) is 0 Å². The number of carboxylic acids is 1. The van der Waals surface area contributed by atoms with Crippen LogP contribution >= 0.6 is 0 Å². The molecule has 2 rings (SSSR count). The van der Waals surface area contributed by atoms with E-state index in [4.69, 9.17) is 9.84 Å². The summed E-state index contributed by atoms with van der Waals surface area (Å²) in [5.74, 6) is 10.8. The Bertz CT molecular complexity index is 665. The fourth-order valence-electron chi connectivity index (χ4n) is 1.76. The standard InChI is InChI=1S/C17H14O4/c1-12(18)21-11-16-10-15(16)5-3-2-4-13-6-8-14(9-7-13)17(19)20/h6-9,15-16H,10-11H2,1H3,(H,19,20)/t15-,16+/m1/s1. The first-order valence-corrected chi connectivity index (χ1v) is 6.54. The summed E-state index contributed by atoms with van der Waals surface area (Å²) >= 11 is 0. The van der Waals surface area contributed by atoms with Gasteiger partial charge in [0.05, 0.1) is 12.2 Å². The lowest BCUT2D eigenvalue weighted by Crippen LogP contribution is -2.02. The van der Waals surface area contributed by atoms with Gasteiger partial charge in [-0.2, -0.15) is 0 Å². The molecule has 106 valence electrons. The van der Waals surface area contributed by atoms with Crippen LogP contribution in [-0.4, -0.2) is 23.7 Å². The van der Waals surface area contributed by atoms with Gasteiger partial charge in [0.2, 0.25) is 0 Å². The molecular formula is C17H14O4. The van der Waals surface area contributed by atoms with Crippen molar-refractivity contribution in [3.05, 3.63) is 35.4 Å². The molecule has 1 aliphatic rings. The number of benzene rings is 1. The maximum Gasteiger partial charge on any atom is 0.335 e. The summed E-state index contributed by atoms with van der Waals surface area (Å²) in [6.45, 7) is 1.82. The highest BCUT2D eigenvalue weighted by Gasteiger charge is 2.36. The van der Waals surface area contributed by atoms with E-state index in [0.717, 1.165) is 12.0 Å². The molecule has 1 fully saturated rings. The van der Waals surface area contributed by atoms with Crippen molar-refractivity contribution in [2.75, 3.05) is 6.61 Å². The first-order valence-electron chi connectivity index (χ1n) is 6.54. The zero-order valence-corrected chi connectivity index (χ0v) is 11.6. The molecule has 2 atom stereocenters. The number of hydrogen-bond donors (Lipinski definition) is 1. The molecule has 0 spiro atoms. The van der Waals surface area contributed by atoms with E-state index in [9.17, 15) is 9.59 Å². The normalized spacial score (nSPS) is 18.5. The first kappa shape index (κ1) is 14.7. The van der Waals surface area contributed by atoms with Crippen molar-refractivity contribution >= 4 is 11.9 Å². The van der Waals surface area contributed by atoms with Crippen LogP contribution in [0.15, 0.2) is 24.3 Å². The quantitative estimate of drug-likeness (QED) is 0.679. The Hall–Kier alpha value is -2.72. The number of carboxylic acid groups (broad SMARTS) is 1. The molecule has 21 heavy (non-hydrogen) atoms. The predicted molar refractivity (Wildman–Crippen MR) is 76.3 cm³/mol. The van der Waals surface area contributed by atoms with Crippen molar-refractivity contribution in [1.29, 1.82) is 0 Å². The first-order chi connectivity index (χ1) is 10.1. The number of aromatic carboxylic acids is 1. The number of ether oxygens (including phenoxy) is 1. The molecule has 1 aromatic rings. The number of carbonyl (C=O) groups is 2. The van der Waals surface area contributed by atoms with Gasteiger partial charge in [0.1, 0.15) is 0 Å². The number of esters is 1. The van der Waals surface area contributed by atoms with Crippen molar-refractivity contribution in [2.24, 2.45) is 11.8 Å². The Morgan fingerprint density at radius 2 is 2.00 bits per heavy atom. The van der Waals surface area contributed by atoms with Gasteiger partial charge in [-0.3, -0.25) is 4.79 Å². The maximum atomic E-state index is 10.7. The van der Waals surface area contributed by atoms with Crippen molar-refractivity contribution in [2.45, 2.75) is 13.3 Å². The summed E-state index contributed by atoms with van der Waals surface area (Å²) in [5, 5.41) is 8.77. The fraction of sp³-hybridized carbons (Fsp3) is 0.294. The minimum atomic E-state index is -0.957. The molecule has 0 saturated heterocycles.